The normalized spacial score (nSPS) is 21.8. The van der Waals surface area contributed by atoms with E-state index in [1.165, 1.54) is 0 Å². The number of aliphatic hydroxyl groups is 1. The van der Waals surface area contributed by atoms with Crippen molar-refractivity contribution >= 4 is 6.09 Å². The van der Waals surface area contributed by atoms with Crippen LogP contribution in [-0.4, -0.2) is 42.3 Å². The highest BCUT2D eigenvalue weighted by atomic mass is 16.7. The average Bonchev–Trinajstić information content (AvgIpc) is 2.83. The molecule has 6 nitrogen and oxygen atoms in total. The van der Waals surface area contributed by atoms with Gasteiger partial charge in [0.15, 0.2) is 5.79 Å². The third kappa shape index (κ3) is 4.70. The van der Waals surface area contributed by atoms with Gasteiger partial charge in [0, 0.05) is 0 Å². The Morgan fingerprint density at radius 2 is 2.19 bits per heavy atom. The molecule has 1 aliphatic rings. The quantitative estimate of drug-likeness (QED) is 0.859. The van der Waals surface area contributed by atoms with Crippen LogP contribution in [0.4, 0.5) is 4.79 Å². The van der Waals surface area contributed by atoms with E-state index in [4.69, 9.17) is 14.2 Å². The first-order valence-corrected chi connectivity index (χ1v) is 6.90. The molecule has 0 aromatic heterocycles. The minimum absolute atomic E-state index is 0.179. The molecule has 1 unspecified atom stereocenters. The summed E-state index contributed by atoms with van der Waals surface area (Å²) in [4.78, 5) is 11.8. The molecular weight excluding hydrogens is 274 g/mol. The van der Waals surface area contributed by atoms with E-state index in [1.54, 1.807) is 13.8 Å². The van der Waals surface area contributed by atoms with Crippen molar-refractivity contribution in [2.24, 2.45) is 0 Å². The smallest absolute Gasteiger partial charge is 0.407 e. The molecule has 1 aromatic carbocycles. The zero-order valence-electron chi connectivity index (χ0n) is 12.2. The predicted molar refractivity (Wildman–Crippen MR) is 75.5 cm³/mol. The number of rotatable bonds is 5. The molecule has 1 amide bonds. The number of benzene rings is 1. The fourth-order valence-electron chi connectivity index (χ4n) is 2.09. The molecule has 1 aromatic rings. The number of aliphatic hydroxyl groups excluding tert-OH is 1. The molecule has 2 N–H and O–H groups in total. The molecule has 0 spiro atoms. The van der Waals surface area contributed by atoms with Gasteiger partial charge in [-0.15, -0.1) is 0 Å². The van der Waals surface area contributed by atoms with E-state index in [1.807, 2.05) is 30.3 Å². The molecule has 2 rings (SSSR count). The maximum absolute atomic E-state index is 11.8. The van der Waals surface area contributed by atoms with Crippen molar-refractivity contribution in [3.8, 4) is 0 Å². The van der Waals surface area contributed by atoms with Gasteiger partial charge in [-0.2, -0.15) is 0 Å². The molecule has 1 heterocycles. The third-order valence-corrected chi connectivity index (χ3v) is 3.19. The zero-order valence-corrected chi connectivity index (χ0v) is 12.2. The van der Waals surface area contributed by atoms with Crippen molar-refractivity contribution in [3.05, 3.63) is 35.9 Å². The summed E-state index contributed by atoms with van der Waals surface area (Å²) in [5.41, 5.74) is 0.898. The SMILES string of the molecule is CC1(C)OC[C@H](C(CO)NC(=O)OCc2ccccc2)O1. The number of nitrogens with one attached hydrogen (secondary N) is 1. The Labute approximate surface area is 124 Å². The molecule has 0 saturated carbocycles. The van der Waals surface area contributed by atoms with Gasteiger partial charge < -0.3 is 24.6 Å². The van der Waals surface area contributed by atoms with Crippen LogP contribution in [-0.2, 0) is 20.8 Å². The van der Waals surface area contributed by atoms with E-state index in [-0.39, 0.29) is 13.2 Å². The highest BCUT2D eigenvalue weighted by Crippen LogP contribution is 2.24. The van der Waals surface area contributed by atoms with Crippen LogP contribution in [0.15, 0.2) is 30.3 Å². The standard InChI is InChI=1S/C15H21NO5/c1-15(2)20-10-13(21-15)12(8-17)16-14(18)19-9-11-6-4-3-5-7-11/h3-7,12-13,17H,8-10H2,1-2H3,(H,16,18)/t12?,13-/m1/s1. The van der Waals surface area contributed by atoms with E-state index >= 15 is 0 Å². The summed E-state index contributed by atoms with van der Waals surface area (Å²) in [5.74, 6) is -0.701. The highest BCUT2D eigenvalue weighted by Gasteiger charge is 2.37. The Kier molecular flexibility index (Phi) is 5.17. The Morgan fingerprint density at radius 3 is 2.76 bits per heavy atom. The summed E-state index contributed by atoms with van der Waals surface area (Å²) in [6.45, 7) is 3.82. The van der Waals surface area contributed by atoms with Gasteiger partial charge >= 0.3 is 6.09 Å². The zero-order chi connectivity index (χ0) is 15.3. The molecule has 6 heteroatoms. The Bertz CT molecular complexity index is 462. The molecule has 1 aliphatic heterocycles. The maximum atomic E-state index is 11.8. The highest BCUT2D eigenvalue weighted by molar-refractivity contribution is 5.67. The van der Waals surface area contributed by atoms with Crippen LogP contribution in [0.2, 0.25) is 0 Å². The monoisotopic (exact) mass is 295 g/mol. The van der Waals surface area contributed by atoms with Crippen LogP contribution in [0, 0.1) is 0 Å². The van der Waals surface area contributed by atoms with Crippen molar-refractivity contribution in [2.75, 3.05) is 13.2 Å². The number of ether oxygens (including phenoxy) is 3. The van der Waals surface area contributed by atoms with Crippen LogP contribution in [0.5, 0.6) is 0 Å². The van der Waals surface area contributed by atoms with Gasteiger partial charge in [0.05, 0.1) is 19.3 Å². The molecule has 21 heavy (non-hydrogen) atoms. The summed E-state index contributed by atoms with van der Waals surface area (Å²) in [6.07, 6.45) is -0.986. The van der Waals surface area contributed by atoms with Crippen LogP contribution < -0.4 is 5.32 Å². The van der Waals surface area contributed by atoms with Crippen molar-refractivity contribution in [2.45, 2.75) is 38.4 Å². The second-order valence-corrected chi connectivity index (χ2v) is 5.36. The van der Waals surface area contributed by atoms with Crippen LogP contribution >= 0.6 is 0 Å². The Hall–Kier alpha value is -1.63. The van der Waals surface area contributed by atoms with Crippen LogP contribution in [0.1, 0.15) is 19.4 Å². The number of carbonyl (C=O) groups excluding carboxylic acids is 1. The number of carbonyl (C=O) groups is 1. The number of hydrogen-bond donors (Lipinski definition) is 2. The molecule has 2 atom stereocenters. The van der Waals surface area contributed by atoms with Crippen molar-refractivity contribution < 1.29 is 24.1 Å². The lowest BCUT2D eigenvalue weighted by molar-refractivity contribution is -0.142. The summed E-state index contributed by atoms with van der Waals surface area (Å²) in [7, 11) is 0. The number of amides is 1. The van der Waals surface area contributed by atoms with Crippen molar-refractivity contribution in [1.82, 2.24) is 5.32 Å². The van der Waals surface area contributed by atoms with Gasteiger partial charge in [0.2, 0.25) is 0 Å². The number of alkyl carbamates (subject to hydrolysis) is 1. The molecule has 116 valence electrons. The summed E-state index contributed by atoms with van der Waals surface area (Å²) in [5, 5.41) is 12.0. The summed E-state index contributed by atoms with van der Waals surface area (Å²) >= 11 is 0. The van der Waals surface area contributed by atoms with Gasteiger partial charge in [0.1, 0.15) is 12.7 Å². The van der Waals surface area contributed by atoms with E-state index in [2.05, 4.69) is 5.32 Å². The fraction of sp³-hybridized carbons (Fsp3) is 0.533. The van der Waals surface area contributed by atoms with Gasteiger partial charge in [-0.1, -0.05) is 30.3 Å². The maximum Gasteiger partial charge on any atom is 0.407 e. The van der Waals surface area contributed by atoms with E-state index in [0.29, 0.717) is 6.61 Å². The van der Waals surface area contributed by atoms with Crippen LogP contribution in [0.3, 0.4) is 0 Å². The van der Waals surface area contributed by atoms with Crippen molar-refractivity contribution in [3.63, 3.8) is 0 Å². The second-order valence-electron chi connectivity index (χ2n) is 5.36. The largest absolute Gasteiger partial charge is 0.445 e. The van der Waals surface area contributed by atoms with Gasteiger partial charge in [0.25, 0.3) is 0 Å². The Morgan fingerprint density at radius 1 is 1.48 bits per heavy atom. The molecule has 0 aliphatic carbocycles. The first-order valence-electron chi connectivity index (χ1n) is 6.90. The first-order chi connectivity index (χ1) is 10.00. The van der Waals surface area contributed by atoms with Gasteiger partial charge in [-0.25, -0.2) is 4.79 Å². The summed E-state index contributed by atoms with van der Waals surface area (Å²) < 4.78 is 16.1. The summed E-state index contributed by atoms with van der Waals surface area (Å²) in [6, 6.07) is 8.82. The Balaban J connectivity index is 1.80. The topological polar surface area (TPSA) is 77.0 Å². The number of hydrogen-bond acceptors (Lipinski definition) is 5. The molecule has 0 bridgehead atoms. The van der Waals surface area contributed by atoms with Gasteiger partial charge in [-0.05, 0) is 19.4 Å². The predicted octanol–water partition coefficient (Wildman–Crippen LogP) is 1.43. The lowest BCUT2D eigenvalue weighted by Gasteiger charge is -2.23. The van der Waals surface area contributed by atoms with Crippen molar-refractivity contribution in [1.29, 1.82) is 0 Å². The molecule has 1 saturated heterocycles. The fourth-order valence-corrected chi connectivity index (χ4v) is 2.09. The lowest BCUT2D eigenvalue weighted by atomic mass is 10.2. The molecule has 0 radical (unpaired) electrons. The van der Waals surface area contributed by atoms with Gasteiger partial charge in [-0.3, -0.25) is 0 Å². The molecule has 1 fully saturated rings. The van der Waals surface area contributed by atoms with E-state index < -0.39 is 24.0 Å². The molecular formula is C15H21NO5. The third-order valence-electron chi connectivity index (χ3n) is 3.19. The lowest BCUT2D eigenvalue weighted by Crippen LogP contribution is -2.47. The second kappa shape index (κ2) is 6.89. The van der Waals surface area contributed by atoms with Crippen LogP contribution in [0.25, 0.3) is 0 Å². The minimum Gasteiger partial charge on any atom is -0.445 e. The average molecular weight is 295 g/mol. The van der Waals surface area contributed by atoms with E-state index in [9.17, 15) is 9.90 Å². The minimum atomic E-state index is -0.701. The first kappa shape index (κ1) is 15.8. The van der Waals surface area contributed by atoms with E-state index in [0.717, 1.165) is 5.56 Å².